The first kappa shape index (κ1) is 12.9. The SMILES string of the molecule is CNCC1(CN(C)CC(C)C)CCOC1. The maximum Gasteiger partial charge on any atom is 0.0547 e. The smallest absolute Gasteiger partial charge is 0.0547 e. The summed E-state index contributed by atoms with van der Waals surface area (Å²) in [7, 11) is 4.25. The Bertz CT molecular complexity index is 176. The Morgan fingerprint density at radius 2 is 2.20 bits per heavy atom. The van der Waals surface area contributed by atoms with Crippen LogP contribution in [0.25, 0.3) is 0 Å². The van der Waals surface area contributed by atoms with Crippen LogP contribution < -0.4 is 5.32 Å². The van der Waals surface area contributed by atoms with Gasteiger partial charge in [-0.25, -0.2) is 0 Å². The zero-order valence-corrected chi connectivity index (χ0v) is 10.7. The predicted molar refractivity (Wildman–Crippen MR) is 64.1 cm³/mol. The summed E-state index contributed by atoms with van der Waals surface area (Å²) in [4.78, 5) is 2.44. The van der Waals surface area contributed by atoms with E-state index >= 15 is 0 Å². The number of ether oxygens (including phenoxy) is 1. The van der Waals surface area contributed by atoms with Crippen LogP contribution in [0.15, 0.2) is 0 Å². The lowest BCUT2D eigenvalue weighted by Crippen LogP contribution is -2.43. The van der Waals surface area contributed by atoms with Gasteiger partial charge in [0.15, 0.2) is 0 Å². The molecule has 1 atom stereocenters. The van der Waals surface area contributed by atoms with Crippen molar-refractivity contribution in [2.75, 3.05) is 46.9 Å². The number of rotatable bonds is 6. The van der Waals surface area contributed by atoms with Crippen LogP contribution in [0.2, 0.25) is 0 Å². The van der Waals surface area contributed by atoms with Gasteiger partial charge in [0.25, 0.3) is 0 Å². The molecule has 0 aromatic rings. The van der Waals surface area contributed by atoms with E-state index in [-0.39, 0.29) is 0 Å². The van der Waals surface area contributed by atoms with E-state index in [0.29, 0.717) is 5.41 Å². The lowest BCUT2D eigenvalue weighted by molar-refractivity contribution is 0.116. The third-order valence-corrected chi connectivity index (χ3v) is 3.02. The molecule has 0 saturated carbocycles. The second kappa shape index (κ2) is 5.83. The maximum absolute atomic E-state index is 5.55. The van der Waals surface area contributed by atoms with Gasteiger partial charge in [0.2, 0.25) is 0 Å². The van der Waals surface area contributed by atoms with E-state index in [1.165, 1.54) is 13.0 Å². The highest BCUT2D eigenvalue weighted by Gasteiger charge is 2.35. The molecule has 0 aliphatic carbocycles. The van der Waals surface area contributed by atoms with Crippen molar-refractivity contribution in [2.24, 2.45) is 11.3 Å². The van der Waals surface area contributed by atoms with E-state index in [4.69, 9.17) is 4.74 Å². The number of hydrogen-bond acceptors (Lipinski definition) is 3. The van der Waals surface area contributed by atoms with Crippen molar-refractivity contribution < 1.29 is 4.74 Å². The highest BCUT2D eigenvalue weighted by atomic mass is 16.5. The van der Waals surface area contributed by atoms with Crippen LogP contribution >= 0.6 is 0 Å². The average Bonchev–Trinajstić information content (AvgIpc) is 2.51. The minimum atomic E-state index is 0.346. The fourth-order valence-electron chi connectivity index (χ4n) is 2.61. The fourth-order valence-corrected chi connectivity index (χ4v) is 2.61. The molecule has 0 bridgehead atoms. The van der Waals surface area contributed by atoms with E-state index in [1.54, 1.807) is 0 Å². The minimum Gasteiger partial charge on any atom is -0.381 e. The van der Waals surface area contributed by atoms with Gasteiger partial charge in [-0.05, 0) is 26.4 Å². The van der Waals surface area contributed by atoms with Gasteiger partial charge < -0.3 is 15.0 Å². The lowest BCUT2D eigenvalue weighted by atomic mass is 9.86. The molecule has 15 heavy (non-hydrogen) atoms. The fraction of sp³-hybridized carbons (Fsp3) is 1.00. The molecule has 3 nitrogen and oxygen atoms in total. The number of nitrogens with zero attached hydrogens (tertiary/aromatic N) is 1. The molecule has 1 aliphatic heterocycles. The van der Waals surface area contributed by atoms with E-state index in [2.05, 4.69) is 31.1 Å². The molecular formula is C12H26N2O. The summed E-state index contributed by atoms with van der Waals surface area (Å²) in [5.74, 6) is 0.740. The van der Waals surface area contributed by atoms with Gasteiger partial charge in [-0.2, -0.15) is 0 Å². The summed E-state index contributed by atoms with van der Waals surface area (Å²) in [6.45, 7) is 9.76. The summed E-state index contributed by atoms with van der Waals surface area (Å²) < 4.78 is 5.55. The first-order valence-corrected chi connectivity index (χ1v) is 5.99. The monoisotopic (exact) mass is 214 g/mol. The zero-order chi connectivity index (χ0) is 11.3. The van der Waals surface area contributed by atoms with E-state index < -0.39 is 0 Å². The lowest BCUT2D eigenvalue weighted by Gasteiger charge is -2.32. The first-order chi connectivity index (χ1) is 7.08. The van der Waals surface area contributed by atoms with E-state index in [1.807, 2.05) is 7.05 Å². The molecule has 3 heteroatoms. The van der Waals surface area contributed by atoms with Crippen molar-refractivity contribution in [2.45, 2.75) is 20.3 Å². The molecule has 1 saturated heterocycles. The Morgan fingerprint density at radius 3 is 2.67 bits per heavy atom. The topological polar surface area (TPSA) is 24.5 Å². The quantitative estimate of drug-likeness (QED) is 0.719. The second-order valence-corrected chi connectivity index (χ2v) is 5.42. The third-order valence-electron chi connectivity index (χ3n) is 3.02. The molecule has 1 unspecified atom stereocenters. The summed E-state index contributed by atoms with van der Waals surface area (Å²) in [6.07, 6.45) is 1.19. The molecule has 0 aromatic carbocycles. The highest BCUT2D eigenvalue weighted by Crippen LogP contribution is 2.28. The van der Waals surface area contributed by atoms with Crippen LogP contribution in [-0.4, -0.2) is 51.8 Å². The standard InChI is InChI=1S/C12H26N2O/c1-11(2)7-14(4)9-12(8-13-3)5-6-15-10-12/h11,13H,5-10H2,1-4H3. The number of nitrogens with one attached hydrogen (secondary N) is 1. The van der Waals surface area contributed by atoms with Crippen molar-refractivity contribution in [1.82, 2.24) is 10.2 Å². The van der Waals surface area contributed by atoms with Gasteiger partial charge in [0, 0.05) is 31.7 Å². The molecular weight excluding hydrogens is 188 g/mol. The Morgan fingerprint density at radius 1 is 1.47 bits per heavy atom. The zero-order valence-electron chi connectivity index (χ0n) is 10.7. The molecule has 1 fully saturated rings. The molecule has 90 valence electrons. The van der Waals surface area contributed by atoms with Gasteiger partial charge in [-0.15, -0.1) is 0 Å². The Hall–Kier alpha value is -0.120. The molecule has 1 N–H and O–H groups in total. The summed E-state index contributed by atoms with van der Waals surface area (Å²) in [6, 6.07) is 0. The molecule has 0 aromatic heterocycles. The van der Waals surface area contributed by atoms with Crippen LogP contribution in [0.5, 0.6) is 0 Å². The summed E-state index contributed by atoms with van der Waals surface area (Å²) >= 11 is 0. The van der Waals surface area contributed by atoms with Crippen LogP contribution in [0, 0.1) is 11.3 Å². The Balaban J connectivity index is 2.43. The van der Waals surface area contributed by atoms with Crippen LogP contribution in [-0.2, 0) is 4.74 Å². The van der Waals surface area contributed by atoms with E-state index in [9.17, 15) is 0 Å². The third kappa shape index (κ3) is 4.09. The van der Waals surface area contributed by atoms with Crippen LogP contribution in [0.4, 0.5) is 0 Å². The van der Waals surface area contributed by atoms with Crippen molar-refractivity contribution in [1.29, 1.82) is 0 Å². The molecule has 0 amide bonds. The van der Waals surface area contributed by atoms with Gasteiger partial charge in [-0.3, -0.25) is 0 Å². The van der Waals surface area contributed by atoms with Gasteiger partial charge >= 0.3 is 0 Å². The molecule has 0 spiro atoms. The van der Waals surface area contributed by atoms with Gasteiger partial charge in [0.05, 0.1) is 6.61 Å². The second-order valence-electron chi connectivity index (χ2n) is 5.42. The Labute approximate surface area is 94.2 Å². The first-order valence-electron chi connectivity index (χ1n) is 5.99. The molecule has 1 aliphatic rings. The minimum absolute atomic E-state index is 0.346. The maximum atomic E-state index is 5.55. The largest absolute Gasteiger partial charge is 0.381 e. The summed E-state index contributed by atoms with van der Waals surface area (Å²) in [5.41, 5.74) is 0.346. The predicted octanol–water partition coefficient (Wildman–Crippen LogP) is 1.20. The molecule has 1 heterocycles. The molecule has 1 rings (SSSR count). The normalized spacial score (nSPS) is 26.8. The van der Waals surface area contributed by atoms with Crippen molar-refractivity contribution >= 4 is 0 Å². The van der Waals surface area contributed by atoms with Crippen molar-refractivity contribution in [3.63, 3.8) is 0 Å². The van der Waals surface area contributed by atoms with Crippen LogP contribution in [0.3, 0.4) is 0 Å². The van der Waals surface area contributed by atoms with Crippen molar-refractivity contribution in [3.05, 3.63) is 0 Å². The van der Waals surface area contributed by atoms with E-state index in [0.717, 1.165) is 32.2 Å². The van der Waals surface area contributed by atoms with Gasteiger partial charge in [0.1, 0.15) is 0 Å². The van der Waals surface area contributed by atoms with Gasteiger partial charge in [-0.1, -0.05) is 13.8 Å². The van der Waals surface area contributed by atoms with Crippen molar-refractivity contribution in [3.8, 4) is 0 Å². The molecule has 0 radical (unpaired) electrons. The average molecular weight is 214 g/mol. The summed E-state index contributed by atoms with van der Waals surface area (Å²) in [5, 5.41) is 3.30. The Kier molecular flexibility index (Phi) is 5.03. The van der Waals surface area contributed by atoms with Crippen LogP contribution in [0.1, 0.15) is 20.3 Å². The highest BCUT2D eigenvalue weighted by molar-refractivity contribution is 4.87. The number of hydrogen-bond donors (Lipinski definition) is 1.